The summed E-state index contributed by atoms with van der Waals surface area (Å²) in [5.74, 6) is 0. The molecule has 0 saturated carbocycles. The molecule has 1 aliphatic rings. The van der Waals surface area contributed by atoms with Crippen LogP contribution in [0.5, 0.6) is 0 Å². The zero-order valence-corrected chi connectivity index (χ0v) is 10.7. The van der Waals surface area contributed by atoms with Gasteiger partial charge in [0.15, 0.2) is 0 Å². The quantitative estimate of drug-likeness (QED) is 0.666. The average molecular weight is 213 g/mol. The standard InChI is InChI=1S/C11H23N3O/c1-10(2,3)13-7-12-9(15)14(8-13)11(4,5)6/h7-8H2,1-6H3,(H,12,15). The Morgan fingerprint density at radius 2 is 1.60 bits per heavy atom. The van der Waals surface area contributed by atoms with Gasteiger partial charge in [-0.3, -0.25) is 4.90 Å². The fourth-order valence-electron chi connectivity index (χ4n) is 1.51. The van der Waals surface area contributed by atoms with E-state index in [4.69, 9.17) is 0 Å². The van der Waals surface area contributed by atoms with Gasteiger partial charge >= 0.3 is 6.03 Å². The summed E-state index contributed by atoms with van der Waals surface area (Å²) >= 11 is 0. The van der Waals surface area contributed by atoms with Crippen LogP contribution in [0.25, 0.3) is 0 Å². The summed E-state index contributed by atoms with van der Waals surface area (Å²) in [6.45, 7) is 14.0. The highest BCUT2D eigenvalue weighted by atomic mass is 16.2. The van der Waals surface area contributed by atoms with Crippen LogP contribution in [0, 0.1) is 0 Å². The molecule has 88 valence electrons. The van der Waals surface area contributed by atoms with Gasteiger partial charge in [0.05, 0.1) is 13.3 Å². The van der Waals surface area contributed by atoms with Gasteiger partial charge in [-0.15, -0.1) is 0 Å². The van der Waals surface area contributed by atoms with E-state index in [9.17, 15) is 4.79 Å². The first-order chi connectivity index (χ1) is 6.62. The molecular weight excluding hydrogens is 190 g/mol. The van der Waals surface area contributed by atoms with Crippen LogP contribution < -0.4 is 5.32 Å². The minimum Gasteiger partial charge on any atom is -0.325 e. The lowest BCUT2D eigenvalue weighted by Crippen LogP contribution is -2.65. The molecule has 0 aliphatic carbocycles. The van der Waals surface area contributed by atoms with Crippen LogP contribution >= 0.6 is 0 Å². The highest BCUT2D eigenvalue weighted by Crippen LogP contribution is 2.21. The van der Waals surface area contributed by atoms with Crippen molar-refractivity contribution in [1.29, 1.82) is 0 Å². The second-order valence-corrected chi connectivity index (χ2v) is 6.09. The van der Waals surface area contributed by atoms with E-state index in [2.05, 4.69) is 51.8 Å². The number of rotatable bonds is 0. The van der Waals surface area contributed by atoms with Crippen molar-refractivity contribution in [3.05, 3.63) is 0 Å². The summed E-state index contributed by atoms with van der Waals surface area (Å²) in [5, 5.41) is 2.91. The van der Waals surface area contributed by atoms with E-state index in [1.165, 1.54) is 0 Å². The number of carbonyl (C=O) groups is 1. The van der Waals surface area contributed by atoms with E-state index in [1.807, 2.05) is 4.90 Å². The molecule has 1 heterocycles. The Morgan fingerprint density at radius 1 is 1.07 bits per heavy atom. The minimum atomic E-state index is -0.131. The number of nitrogens with one attached hydrogen (secondary N) is 1. The van der Waals surface area contributed by atoms with E-state index < -0.39 is 0 Å². The Hall–Kier alpha value is -0.770. The van der Waals surface area contributed by atoms with Gasteiger partial charge in [0.1, 0.15) is 0 Å². The lowest BCUT2D eigenvalue weighted by molar-refractivity contribution is 0.00564. The molecule has 4 heteroatoms. The average Bonchev–Trinajstić information content (AvgIpc) is 2.00. The molecule has 15 heavy (non-hydrogen) atoms. The Labute approximate surface area is 92.6 Å². The summed E-state index contributed by atoms with van der Waals surface area (Å²) in [6.07, 6.45) is 0. The second kappa shape index (κ2) is 3.67. The number of nitrogens with zero attached hydrogens (tertiary/aromatic N) is 2. The van der Waals surface area contributed by atoms with Crippen molar-refractivity contribution in [2.45, 2.75) is 52.6 Å². The Bertz CT molecular complexity index is 250. The number of carbonyl (C=O) groups excluding carboxylic acids is 1. The third kappa shape index (κ3) is 2.84. The fourth-order valence-corrected chi connectivity index (χ4v) is 1.51. The van der Waals surface area contributed by atoms with Crippen LogP contribution in [0.4, 0.5) is 4.79 Å². The van der Waals surface area contributed by atoms with E-state index in [1.54, 1.807) is 0 Å². The van der Waals surface area contributed by atoms with Crippen LogP contribution in [-0.2, 0) is 0 Å². The van der Waals surface area contributed by atoms with Gasteiger partial charge in [-0.25, -0.2) is 4.79 Å². The summed E-state index contributed by atoms with van der Waals surface area (Å²) in [4.78, 5) is 15.8. The maximum absolute atomic E-state index is 11.7. The van der Waals surface area contributed by atoms with Crippen LogP contribution in [0.2, 0.25) is 0 Å². The molecule has 0 unspecified atom stereocenters. The third-order valence-corrected chi connectivity index (χ3v) is 2.74. The predicted molar refractivity (Wildman–Crippen MR) is 61.4 cm³/mol. The number of amides is 2. The maximum Gasteiger partial charge on any atom is 0.319 e. The monoisotopic (exact) mass is 213 g/mol. The summed E-state index contributed by atoms with van der Waals surface area (Å²) in [7, 11) is 0. The first kappa shape index (κ1) is 12.3. The Balaban J connectivity index is 2.78. The van der Waals surface area contributed by atoms with E-state index in [0.717, 1.165) is 0 Å². The zero-order chi connectivity index (χ0) is 11.9. The van der Waals surface area contributed by atoms with Crippen LogP contribution in [0.3, 0.4) is 0 Å². The van der Waals surface area contributed by atoms with Crippen LogP contribution in [0.15, 0.2) is 0 Å². The summed E-state index contributed by atoms with van der Waals surface area (Å²) < 4.78 is 0. The molecule has 0 radical (unpaired) electrons. The van der Waals surface area contributed by atoms with Gasteiger partial charge in [-0.2, -0.15) is 0 Å². The smallest absolute Gasteiger partial charge is 0.319 e. The number of hydrogen-bond donors (Lipinski definition) is 1. The molecular formula is C11H23N3O. The first-order valence-corrected chi connectivity index (χ1v) is 5.43. The van der Waals surface area contributed by atoms with Crippen LogP contribution in [0.1, 0.15) is 41.5 Å². The van der Waals surface area contributed by atoms with E-state index in [-0.39, 0.29) is 17.1 Å². The predicted octanol–water partition coefficient (Wildman–Crippen LogP) is 1.83. The van der Waals surface area contributed by atoms with Gasteiger partial charge in [0.2, 0.25) is 0 Å². The number of urea groups is 1. The maximum atomic E-state index is 11.7. The minimum absolute atomic E-state index is 0.0306. The summed E-state index contributed by atoms with van der Waals surface area (Å²) in [5.41, 5.74) is -0.0504. The molecule has 0 bridgehead atoms. The van der Waals surface area contributed by atoms with E-state index >= 15 is 0 Å². The van der Waals surface area contributed by atoms with Crippen molar-refractivity contribution >= 4 is 6.03 Å². The van der Waals surface area contributed by atoms with Crippen molar-refractivity contribution in [2.24, 2.45) is 0 Å². The summed E-state index contributed by atoms with van der Waals surface area (Å²) in [6, 6.07) is 0.0306. The molecule has 0 aromatic heterocycles. The SMILES string of the molecule is CC(C)(C)N1CNC(=O)N(C(C)(C)C)C1. The first-order valence-electron chi connectivity index (χ1n) is 5.43. The molecule has 1 fully saturated rings. The molecule has 1 rings (SSSR count). The van der Waals surface area contributed by atoms with Crippen molar-refractivity contribution in [3.8, 4) is 0 Å². The Kier molecular flexibility index (Phi) is 3.01. The van der Waals surface area contributed by atoms with Crippen LogP contribution in [-0.4, -0.2) is 40.2 Å². The zero-order valence-electron chi connectivity index (χ0n) is 10.7. The molecule has 0 aromatic rings. The fraction of sp³-hybridized carbons (Fsp3) is 0.909. The highest BCUT2D eigenvalue weighted by Gasteiger charge is 2.35. The molecule has 1 N–H and O–H groups in total. The number of hydrogen-bond acceptors (Lipinski definition) is 2. The molecule has 1 aliphatic heterocycles. The normalized spacial score (nSPS) is 20.4. The topological polar surface area (TPSA) is 35.6 Å². The van der Waals surface area contributed by atoms with Gasteiger partial charge in [-0.05, 0) is 41.5 Å². The molecule has 2 amide bonds. The molecule has 0 spiro atoms. The lowest BCUT2D eigenvalue weighted by atomic mass is 10.0. The molecule has 4 nitrogen and oxygen atoms in total. The van der Waals surface area contributed by atoms with Crippen molar-refractivity contribution in [1.82, 2.24) is 15.1 Å². The Morgan fingerprint density at radius 3 is 2.00 bits per heavy atom. The van der Waals surface area contributed by atoms with Crippen molar-refractivity contribution < 1.29 is 4.79 Å². The van der Waals surface area contributed by atoms with Crippen molar-refractivity contribution in [2.75, 3.05) is 13.3 Å². The lowest BCUT2D eigenvalue weighted by Gasteiger charge is -2.47. The third-order valence-electron chi connectivity index (χ3n) is 2.74. The molecule has 1 saturated heterocycles. The van der Waals surface area contributed by atoms with Gasteiger partial charge in [0, 0.05) is 11.1 Å². The van der Waals surface area contributed by atoms with E-state index in [0.29, 0.717) is 13.3 Å². The van der Waals surface area contributed by atoms with Gasteiger partial charge in [-0.1, -0.05) is 0 Å². The largest absolute Gasteiger partial charge is 0.325 e. The second-order valence-electron chi connectivity index (χ2n) is 6.09. The van der Waals surface area contributed by atoms with Gasteiger partial charge in [0.25, 0.3) is 0 Å². The molecule has 0 atom stereocenters. The highest BCUT2D eigenvalue weighted by molar-refractivity contribution is 5.75. The van der Waals surface area contributed by atoms with Gasteiger partial charge < -0.3 is 10.2 Å². The molecule has 0 aromatic carbocycles. The van der Waals surface area contributed by atoms with Crippen molar-refractivity contribution in [3.63, 3.8) is 0 Å².